The van der Waals surface area contributed by atoms with Gasteiger partial charge in [-0.25, -0.2) is 8.78 Å². The molecule has 0 radical (unpaired) electrons. The van der Waals surface area contributed by atoms with Crippen LogP contribution < -0.4 is 4.97 Å². The minimum absolute atomic E-state index is 0.263. The predicted molar refractivity (Wildman–Crippen MR) is 76.9 cm³/mol. The SMILES string of the molecule is Cc1ccc(N2BCCO2)c(-c2cc(F)ccc2F)c1. The zero-order chi connectivity index (χ0) is 14.1. The third-order valence-corrected chi connectivity index (χ3v) is 3.39. The third kappa shape index (κ3) is 2.41. The Labute approximate surface area is 117 Å². The molecule has 0 aliphatic carbocycles. The summed E-state index contributed by atoms with van der Waals surface area (Å²) < 4.78 is 27.5. The van der Waals surface area contributed by atoms with Gasteiger partial charge in [-0.2, -0.15) is 0 Å². The first-order valence-corrected chi connectivity index (χ1v) is 6.62. The molecule has 1 aliphatic rings. The van der Waals surface area contributed by atoms with Crippen molar-refractivity contribution in [2.24, 2.45) is 0 Å². The minimum atomic E-state index is -0.448. The number of anilines is 1. The first-order chi connectivity index (χ1) is 9.65. The monoisotopic (exact) mass is 273 g/mol. The zero-order valence-corrected chi connectivity index (χ0v) is 11.2. The number of aryl methyl sites for hydroxylation is 1. The molecule has 0 spiro atoms. The van der Waals surface area contributed by atoms with Gasteiger partial charge in [0.1, 0.15) is 11.6 Å². The van der Waals surface area contributed by atoms with Gasteiger partial charge in [-0.15, -0.1) is 0 Å². The Morgan fingerprint density at radius 1 is 1.10 bits per heavy atom. The van der Waals surface area contributed by atoms with E-state index in [4.69, 9.17) is 4.84 Å². The van der Waals surface area contributed by atoms with Gasteiger partial charge in [0.15, 0.2) is 0 Å². The van der Waals surface area contributed by atoms with E-state index in [0.717, 1.165) is 37.1 Å². The van der Waals surface area contributed by atoms with E-state index in [1.807, 2.05) is 25.1 Å². The van der Waals surface area contributed by atoms with Crippen molar-refractivity contribution < 1.29 is 13.6 Å². The molecule has 102 valence electrons. The molecule has 0 saturated carbocycles. The lowest BCUT2D eigenvalue weighted by atomic mass is 9.88. The van der Waals surface area contributed by atoms with Gasteiger partial charge in [-0.1, -0.05) is 11.6 Å². The predicted octanol–water partition coefficient (Wildman–Crippen LogP) is 3.46. The summed E-state index contributed by atoms with van der Waals surface area (Å²) in [6.45, 7) is 2.58. The van der Waals surface area contributed by atoms with E-state index < -0.39 is 11.6 Å². The molecular weight excluding hydrogens is 259 g/mol. The lowest BCUT2D eigenvalue weighted by Gasteiger charge is -2.21. The van der Waals surface area contributed by atoms with Crippen LogP contribution in [-0.4, -0.2) is 14.0 Å². The number of hydrogen-bond donors (Lipinski definition) is 0. The van der Waals surface area contributed by atoms with E-state index in [1.54, 1.807) is 4.97 Å². The Bertz CT molecular complexity index is 642. The van der Waals surface area contributed by atoms with Crippen LogP contribution in [0.5, 0.6) is 0 Å². The van der Waals surface area contributed by atoms with Crippen molar-refractivity contribution >= 4 is 13.1 Å². The lowest BCUT2D eigenvalue weighted by molar-refractivity contribution is 0.185. The Balaban J connectivity index is 2.15. The van der Waals surface area contributed by atoms with Crippen LogP contribution >= 0.6 is 0 Å². The smallest absolute Gasteiger partial charge is 0.275 e. The van der Waals surface area contributed by atoms with Crippen LogP contribution in [0.4, 0.5) is 14.5 Å². The van der Waals surface area contributed by atoms with Crippen LogP contribution in [-0.2, 0) is 4.84 Å². The van der Waals surface area contributed by atoms with E-state index in [0.29, 0.717) is 12.2 Å². The highest BCUT2D eigenvalue weighted by Gasteiger charge is 2.20. The van der Waals surface area contributed by atoms with E-state index >= 15 is 0 Å². The van der Waals surface area contributed by atoms with Gasteiger partial charge in [-0.05, 0) is 43.6 Å². The average Bonchev–Trinajstić information content (AvgIpc) is 2.95. The maximum absolute atomic E-state index is 14.0. The quantitative estimate of drug-likeness (QED) is 0.777. The summed E-state index contributed by atoms with van der Waals surface area (Å²) in [5.41, 5.74) is 2.69. The second-order valence-corrected chi connectivity index (χ2v) is 4.93. The number of nitrogens with zero attached hydrogens (tertiary/aromatic N) is 1. The molecule has 2 nitrogen and oxygen atoms in total. The van der Waals surface area contributed by atoms with Crippen LogP contribution in [0.1, 0.15) is 5.56 Å². The minimum Gasteiger partial charge on any atom is -0.304 e. The van der Waals surface area contributed by atoms with Crippen LogP contribution in [0.25, 0.3) is 11.1 Å². The molecular formula is C15H14BF2NO. The zero-order valence-electron chi connectivity index (χ0n) is 11.2. The maximum Gasteiger partial charge on any atom is 0.275 e. The van der Waals surface area contributed by atoms with Gasteiger partial charge < -0.3 is 4.97 Å². The highest BCUT2D eigenvalue weighted by Crippen LogP contribution is 2.35. The van der Waals surface area contributed by atoms with Crippen LogP contribution in [0.15, 0.2) is 36.4 Å². The average molecular weight is 273 g/mol. The molecule has 0 aromatic heterocycles. The van der Waals surface area contributed by atoms with Gasteiger partial charge >= 0.3 is 0 Å². The van der Waals surface area contributed by atoms with Crippen LogP contribution in [0.2, 0.25) is 6.32 Å². The van der Waals surface area contributed by atoms with Crippen LogP contribution in [0.3, 0.4) is 0 Å². The summed E-state index contributed by atoms with van der Waals surface area (Å²) in [5.74, 6) is -0.881. The molecule has 2 aromatic carbocycles. The Hall–Kier alpha value is -1.88. The summed E-state index contributed by atoms with van der Waals surface area (Å²) >= 11 is 0. The topological polar surface area (TPSA) is 12.5 Å². The highest BCUT2D eigenvalue weighted by molar-refractivity contribution is 6.41. The molecule has 1 saturated heterocycles. The first-order valence-electron chi connectivity index (χ1n) is 6.62. The van der Waals surface area contributed by atoms with Gasteiger partial charge in [-0.3, -0.25) is 4.84 Å². The lowest BCUT2D eigenvalue weighted by Crippen LogP contribution is -2.20. The van der Waals surface area contributed by atoms with Crippen molar-refractivity contribution in [3.05, 3.63) is 53.6 Å². The summed E-state index contributed by atoms with van der Waals surface area (Å²) in [6, 6.07) is 9.19. The number of rotatable bonds is 2. The first kappa shape index (κ1) is 13.1. The molecule has 20 heavy (non-hydrogen) atoms. The third-order valence-electron chi connectivity index (χ3n) is 3.39. The van der Waals surface area contributed by atoms with E-state index in [-0.39, 0.29) is 5.56 Å². The Kier molecular flexibility index (Phi) is 3.44. The van der Waals surface area contributed by atoms with Gasteiger partial charge in [0.25, 0.3) is 7.41 Å². The van der Waals surface area contributed by atoms with Crippen molar-refractivity contribution in [3.8, 4) is 11.1 Å². The van der Waals surface area contributed by atoms with Crippen LogP contribution in [0, 0.1) is 18.6 Å². The Morgan fingerprint density at radius 2 is 1.95 bits per heavy atom. The fourth-order valence-corrected chi connectivity index (χ4v) is 2.42. The van der Waals surface area contributed by atoms with Crippen molar-refractivity contribution in [2.75, 3.05) is 11.6 Å². The number of benzene rings is 2. The molecule has 1 aliphatic heterocycles. The molecule has 0 unspecified atom stereocenters. The van der Waals surface area contributed by atoms with E-state index in [9.17, 15) is 8.78 Å². The van der Waals surface area contributed by atoms with Crippen molar-refractivity contribution in [3.63, 3.8) is 0 Å². The maximum atomic E-state index is 14.0. The molecule has 3 rings (SSSR count). The molecule has 0 bridgehead atoms. The highest BCUT2D eigenvalue weighted by atomic mass is 19.1. The van der Waals surface area contributed by atoms with E-state index in [2.05, 4.69) is 0 Å². The summed E-state index contributed by atoms with van der Waals surface area (Å²) in [4.78, 5) is 7.28. The van der Waals surface area contributed by atoms with Gasteiger partial charge in [0.2, 0.25) is 0 Å². The summed E-state index contributed by atoms with van der Waals surface area (Å²) in [6.07, 6.45) is 0.930. The molecule has 0 atom stereocenters. The standard InChI is InChI=1S/C15H14BF2NO/c1-10-2-5-15(19-16-6-7-20-19)13(8-10)12-9-11(17)3-4-14(12)18/h2-5,8-9,16H,6-7H2,1H3. The normalized spacial score (nSPS) is 14.4. The summed E-state index contributed by atoms with van der Waals surface area (Å²) in [5, 5.41) is 0. The van der Waals surface area contributed by atoms with Gasteiger partial charge in [0.05, 0.1) is 12.3 Å². The van der Waals surface area contributed by atoms with Crippen molar-refractivity contribution in [1.82, 2.24) is 0 Å². The largest absolute Gasteiger partial charge is 0.304 e. The molecule has 0 N–H and O–H groups in total. The van der Waals surface area contributed by atoms with Crippen molar-refractivity contribution in [1.29, 1.82) is 0 Å². The number of hydrogen-bond acceptors (Lipinski definition) is 2. The molecule has 0 amide bonds. The molecule has 5 heteroatoms. The molecule has 1 heterocycles. The fraction of sp³-hybridized carbons (Fsp3) is 0.200. The van der Waals surface area contributed by atoms with Gasteiger partial charge in [0, 0.05) is 11.1 Å². The number of halogens is 2. The molecule has 1 fully saturated rings. The Morgan fingerprint density at radius 3 is 2.70 bits per heavy atom. The van der Waals surface area contributed by atoms with E-state index in [1.165, 1.54) is 6.07 Å². The molecule has 2 aromatic rings. The fourth-order valence-electron chi connectivity index (χ4n) is 2.42. The second kappa shape index (κ2) is 5.25. The summed E-state index contributed by atoms with van der Waals surface area (Å²) in [7, 11) is 0.757. The second-order valence-electron chi connectivity index (χ2n) is 4.93. The van der Waals surface area contributed by atoms with Crippen molar-refractivity contribution in [2.45, 2.75) is 13.2 Å².